The molecule has 0 saturated heterocycles. The van der Waals surface area contributed by atoms with Crippen LogP contribution in [0.5, 0.6) is 0 Å². The quantitative estimate of drug-likeness (QED) is 0.577. The first kappa shape index (κ1) is 13.0. The maximum absolute atomic E-state index is 11.2. The average molecular weight is 238 g/mol. The summed E-state index contributed by atoms with van der Waals surface area (Å²) in [5.41, 5.74) is 0.932. The Bertz CT molecular complexity index is 380. The molecule has 0 aliphatic rings. The van der Waals surface area contributed by atoms with Gasteiger partial charge in [-0.05, 0) is 5.56 Å². The second-order valence-electron chi connectivity index (χ2n) is 3.40. The fraction of sp³-hybridized carbons (Fsp3) is 0.273. The number of carboxylic acids is 1. The highest BCUT2D eigenvalue weighted by atomic mass is 16.4. The highest BCUT2D eigenvalue weighted by Crippen LogP contribution is 1.96. The molecule has 0 heterocycles. The fourth-order valence-electron chi connectivity index (χ4n) is 1.12. The van der Waals surface area contributed by atoms with Crippen molar-refractivity contribution in [2.75, 3.05) is 6.54 Å². The van der Waals surface area contributed by atoms with Crippen LogP contribution in [-0.2, 0) is 11.3 Å². The first-order valence-electron chi connectivity index (χ1n) is 5.06. The summed E-state index contributed by atoms with van der Waals surface area (Å²) >= 11 is 0. The number of aliphatic hydroxyl groups is 1. The van der Waals surface area contributed by atoms with Crippen molar-refractivity contribution in [3.05, 3.63) is 35.9 Å². The minimum Gasteiger partial charge on any atom is -0.479 e. The number of rotatable bonds is 5. The second-order valence-corrected chi connectivity index (χ2v) is 3.40. The lowest BCUT2D eigenvalue weighted by atomic mass is 10.2. The number of carboxylic acid groups (broad SMARTS) is 1. The van der Waals surface area contributed by atoms with Crippen LogP contribution >= 0.6 is 0 Å². The van der Waals surface area contributed by atoms with Crippen LogP contribution in [0.15, 0.2) is 30.3 Å². The van der Waals surface area contributed by atoms with E-state index in [2.05, 4.69) is 10.6 Å². The normalized spacial score (nSPS) is 11.6. The Labute approximate surface area is 98.3 Å². The molecule has 6 nitrogen and oxygen atoms in total. The lowest BCUT2D eigenvalue weighted by molar-refractivity contribution is -0.146. The molecule has 0 aliphatic heterocycles. The van der Waals surface area contributed by atoms with Crippen molar-refractivity contribution in [3.63, 3.8) is 0 Å². The molecule has 1 aromatic carbocycles. The van der Waals surface area contributed by atoms with Gasteiger partial charge in [-0.3, -0.25) is 0 Å². The molecule has 1 atom stereocenters. The van der Waals surface area contributed by atoms with Gasteiger partial charge in [-0.15, -0.1) is 0 Å². The number of hydrogen-bond acceptors (Lipinski definition) is 3. The topological polar surface area (TPSA) is 98.7 Å². The molecule has 0 radical (unpaired) electrons. The molecule has 0 unspecified atom stereocenters. The Morgan fingerprint density at radius 2 is 1.82 bits per heavy atom. The van der Waals surface area contributed by atoms with E-state index < -0.39 is 18.1 Å². The molecule has 0 aliphatic carbocycles. The third kappa shape index (κ3) is 4.98. The van der Waals surface area contributed by atoms with Gasteiger partial charge in [-0.1, -0.05) is 30.3 Å². The van der Waals surface area contributed by atoms with Gasteiger partial charge >= 0.3 is 12.0 Å². The molecule has 1 rings (SSSR count). The van der Waals surface area contributed by atoms with E-state index in [9.17, 15) is 9.59 Å². The molecule has 4 N–H and O–H groups in total. The van der Waals surface area contributed by atoms with Crippen LogP contribution in [0.25, 0.3) is 0 Å². The zero-order valence-corrected chi connectivity index (χ0v) is 9.09. The Hall–Kier alpha value is -2.08. The van der Waals surface area contributed by atoms with Gasteiger partial charge in [0.2, 0.25) is 0 Å². The van der Waals surface area contributed by atoms with Gasteiger partial charge in [-0.2, -0.15) is 0 Å². The van der Waals surface area contributed by atoms with Crippen molar-refractivity contribution in [1.82, 2.24) is 10.6 Å². The Kier molecular flexibility index (Phi) is 4.96. The van der Waals surface area contributed by atoms with Crippen molar-refractivity contribution >= 4 is 12.0 Å². The molecule has 17 heavy (non-hydrogen) atoms. The van der Waals surface area contributed by atoms with Gasteiger partial charge in [0.15, 0.2) is 6.10 Å². The monoisotopic (exact) mass is 238 g/mol. The maximum atomic E-state index is 11.2. The van der Waals surface area contributed by atoms with Crippen LogP contribution < -0.4 is 10.6 Å². The molecule has 0 bridgehead atoms. The number of benzene rings is 1. The number of carbonyl (C=O) groups excluding carboxylic acids is 1. The largest absolute Gasteiger partial charge is 0.479 e. The minimum absolute atomic E-state index is 0.323. The van der Waals surface area contributed by atoms with Crippen molar-refractivity contribution < 1.29 is 19.8 Å². The fourth-order valence-corrected chi connectivity index (χ4v) is 1.12. The van der Waals surface area contributed by atoms with E-state index in [4.69, 9.17) is 10.2 Å². The first-order valence-corrected chi connectivity index (χ1v) is 5.06. The predicted molar refractivity (Wildman–Crippen MR) is 60.3 cm³/mol. The summed E-state index contributed by atoms with van der Waals surface area (Å²) in [6.07, 6.45) is -1.59. The molecule has 1 aromatic rings. The van der Waals surface area contributed by atoms with E-state index in [1.54, 1.807) is 0 Å². The average Bonchev–Trinajstić information content (AvgIpc) is 2.34. The summed E-state index contributed by atoms with van der Waals surface area (Å²) < 4.78 is 0. The Morgan fingerprint density at radius 3 is 2.41 bits per heavy atom. The highest BCUT2D eigenvalue weighted by Gasteiger charge is 2.13. The number of aliphatic carboxylic acids is 1. The maximum Gasteiger partial charge on any atom is 0.334 e. The molecule has 92 valence electrons. The summed E-state index contributed by atoms with van der Waals surface area (Å²) in [6, 6.07) is 8.76. The number of carbonyl (C=O) groups is 2. The SMILES string of the molecule is O=C(NCc1ccccc1)NC[C@H](O)C(=O)O. The third-order valence-corrected chi connectivity index (χ3v) is 2.04. The van der Waals surface area contributed by atoms with Crippen LogP contribution in [0.1, 0.15) is 5.56 Å². The zero-order valence-electron chi connectivity index (χ0n) is 9.09. The van der Waals surface area contributed by atoms with Crippen LogP contribution in [0, 0.1) is 0 Å². The van der Waals surface area contributed by atoms with Gasteiger partial charge in [0, 0.05) is 6.54 Å². The van der Waals surface area contributed by atoms with Gasteiger partial charge in [0.05, 0.1) is 6.54 Å². The zero-order chi connectivity index (χ0) is 12.7. The first-order chi connectivity index (χ1) is 8.09. The summed E-state index contributed by atoms with van der Waals surface area (Å²) in [5, 5.41) is 22.1. The number of urea groups is 1. The van der Waals surface area contributed by atoms with Crippen molar-refractivity contribution in [2.45, 2.75) is 12.6 Å². The molecular formula is C11H14N2O4. The van der Waals surface area contributed by atoms with Crippen LogP contribution in [-0.4, -0.2) is 34.9 Å². The minimum atomic E-state index is -1.59. The molecule has 2 amide bonds. The van der Waals surface area contributed by atoms with Crippen LogP contribution in [0.3, 0.4) is 0 Å². The molecule has 0 aromatic heterocycles. The number of aliphatic hydroxyl groups excluding tert-OH is 1. The van der Waals surface area contributed by atoms with Gasteiger partial charge in [0.1, 0.15) is 0 Å². The van der Waals surface area contributed by atoms with Crippen LogP contribution in [0.4, 0.5) is 4.79 Å². The second kappa shape index (κ2) is 6.49. The molecule has 0 spiro atoms. The van der Waals surface area contributed by atoms with Crippen LogP contribution in [0.2, 0.25) is 0 Å². The summed E-state index contributed by atoms with van der Waals surface area (Å²) in [7, 11) is 0. The number of hydrogen-bond donors (Lipinski definition) is 4. The number of nitrogens with one attached hydrogen (secondary N) is 2. The van der Waals surface area contributed by atoms with Crippen molar-refractivity contribution in [3.8, 4) is 0 Å². The smallest absolute Gasteiger partial charge is 0.334 e. The molecule has 0 fully saturated rings. The van der Waals surface area contributed by atoms with E-state index in [1.165, 1.54) is 0 Å². The van der Waals surface area contributed by atoms with Crippen molar-refractivity contribution in [1.29, 1.82) is 0 Å². The summed E-state index contributed by atoms with van der Waals surface area (Å²) in [5.74, 6) is -1.37. The third-order valence-electron chi connectivity index (χ3n) is 2.04. The van der Waals surface area contributed by atoms with E-state index in [0.29, 0.717) is 6.54 Å². The lowest BCUT2D eigenvalue weighted by Gasteiger charge is -2.09. The summed E-state index contributed by atoms with van der Waals surface area (Å²) in [4.78, 5) is 21.5. The van der Waals surface area contributed by atoms with E-state index >= 15 is 0 Å². The Balaban J connectivity index is 2.24. The van der Waals surface area contributed by atoms with E-state index in [0.717, 1.165) is 5.56 Å². The lowest BCUT2D eigenvalue weighted by Crippen LogP contribution is -2.41. The van der Waals surface area contributed by atoms with Gasteiger partial charge in [0.25, 0.3) is 0 Å². The molecule has 6 heteroatoms. The molecule has 0 saturated carbocycles. The van der Waals surface area contributed by atoms with Gasteiger partial charge < -0.3 is 20.8 Å². The van der Waals surface area contributed by atoms with Gasteiger partial charge in [-0.25, -0.2) is 9.59 Å². The summed E-state index contributed by atoms with van der Waals surface area (Å²) in [6.45, 7) is 0.0196. The van der Waals surface area contributed by atoms with Crippen molar-refractivity contribution in [2.24, 2.45) is 0 Å². The van der Waals surface area contributed by atoms with E-state index in [1.807, 2.05) is 30.3 Å². The van der Waals surface area contributed by atoms with E-state index in [-0.39, 0.29) is 6.54 Å². The number of amides is 2. The predicted octanol–water partition coefficient (Wildman–Crippen LogP) is -0.0687. The standard InChI is InChI=1S/C11H14N2O4/c14-9(10(15)16)7-13-11(17)12-6-8-4-2-1-3-5-8/h1-5,9,14H,6-7H2,(H,15,16)(H2,12,13,17)/t9-/m0/s1. The molecular weight excluding hydrogens is 224 g/mol. The highest BCUT2D eigenvalue weighted by molar-refractivity contribution is 5.76. The Morgan fingerprint density at radius 1 is 1.18 bits per heavy atom.